The molecule has 0 amide bonds. The zero-order valence-corrected chi connectivity index (χ0v) is 15.5. The fourth-order valence-electron chi connectivity index (χ4n) is 3.33. The van der Waals surface area contributed by atoms with E-state index < -0.39 is 0 Å². The van der Waals surface area contributed by atoms with Crippen molar-refractivity contribution in [3.8, 4) is 0 Å². The Morgan fingerprint density at radius 2 is 2.17 bits per heavy atom. The summed E-state index contributed by atoms with van der Waals surface area (Å²) in [7, 11) is 0. The Morgan fingerprint density at radius 3 is 2.78 bits per heavy atom. The summed E-state index contributed by atoms with van der Waals surface area (Å²) in [4.78, 5) is 0. The third-order valence-electron chi connectivity index (χ3n) is 4.53. The average Bonchev–Trinajstić information content (AvgIpc) is 2.50. The molecule has 1 saturated carbocycles. The van der Waals surface area contributed by atoms with E-state index in [0.717, 1.165) is 6.42 Å². The summed E-state index contributed by atoms with van der Waals surface area (Å²) < 4.78 is 2.82. The van der Waals surface area contributed by atoms with E-state index in [0.29, 0.717) is 23.2 Å². The predicted octanol–water partition coefficient (Wildman–Crippen LogP) is 6.05. The van der Waals surface area contributed by atoms with Crippen LogP contribution in [0.1, 0.15) is 27.2 Å². The molecule has 3 atom stereocenters. The minimum atomic E-state index is 0.308. The number of rotatable bonds is 2. The molecule has 3 unspecified atom stereocenters. The summed E-state index contributed by atoms with van der Waals surface area (Å²) in [5.41, 5.74) is 1.74. The molecule has 2 rings (SSSR count). The molecule has 2 heteroatoms. The predicted molar refractivity (Wildman–Crippen MR) is 97.0 cm³/mol. The first kappa shape index (κ1) is 14.8. The van der Waals surface area contributed by atoms with E-state index in [9.17, 15) is 0 Å². The van der Waals surface area contributed by atoms with E-state index in [1.807, 2.05) is 0 Å². The second kappa shape index (κ2) is 5.43. The van der Waals surface area contributed by atoms with Gasteiger partial charge in [0.25, 0.3) is 0 Å². The molecule has 0 N–H and O–H groups in total. The van der Waals surface area contributed by atoms with Crippen LogP contribution in [0.2, 0.25) is 0 Å². The highest BCUT2D eigenvalue weighted by Gasteiger charge is 2.49. The summed E-state index contributed by atoms with van der Waals surface area (Å²) in [6.45, 7) is 11.4. The molecule has 0 aromatic heterocycles. The van der Waals surface area contributed by atoms with Crippen molar-refractivity contribution in [3.05, 3.63) is 43.6 Å². The number of fused-ring (bicyclic) bond motifs is 1. The standard InChI is InChI=1S/C16H20I2/c1-5-11(17)8-14-10(2)13-7-6-12(18)9-15(13)16(14,3)4/h5-7,9,13-15H,2,8H2,1,3-4H3/b11-5+. The van der Waals surface area contributed by atoms with Crippen LogP contribution in [0.15, 0.2) is 43.6 Å². The molecule has 98 valence electrons. The first-order valence-electron chi connectivity index (χ1n) is 6.42. The van der Waals surface area contributed by atoms with Crippen LogP contribution < -0.4 is 0 Å². The molecule has 0 bridgehead atoms. The summed E-state index contributed by atoms with van der Waals surface area (Å²) in [5, 5.41) is 0. The first-order valence-corrected chi connectivity index (χ1v) is 8.58. The van der Waals surface area contributed by atoms with E-state index in [2.05, 4.69) is 96.8 Å². The van der Waals surface area contributed by atoms with Crippen molar-refractivity contribution in [3.63, 3.8) is 0 Å². The van der Waals surface area contributed by atoms with E-state index in [4.69, 9.17) is 0 Å². The van der Waals surface area contributed by atoms with Gasteiger partial charge in [-0.15, -0.1) is 0 Å². The van der Waals surface area contributed by atoms with E-state index in [1.54, 1.807) is 0 Å². The second-order valence-corrected chi connectivity index (χ2v) is 8.48. The van der Waals surface area contributed by atoms with Gasteiger partial charge in [0.15, 0.2) is 0 Å². The van der Waals surface area contributed by atoms with Crippen molar-refractivity contribution < 1.29 is 0 Å². The lowest BCUT2D eigenvalue weighted by atomic mass is 9.72. The minimum Gasteiger partial charge on any atom is -0.0989 e. The highest BCUT2D eigenvalue weighted by atomic mass is 127. The minimum absolute atomic E-state index is 0.308. The molecule has 2 aliphatic rings. The molecule has 1 fully saturated rings. The van der Waals surface area contributed by atoms with Crippen LogP contribution in [0, 0.1) is 23.2 Å². The number of allylic oxidation sites excluding steroid dienone is 7. The lowest BCUT2D eigenvalue weighted by Gasteiger charge is -2.33. The van der Waals surface area contributed by atoms with Crippen molar-refractivity contribution in [2.24, 2.45) is 23.2 Å². The third kappa shape index (κ3) is 2.51. The highest BCUT2D eigenvalue weighted by molar-refractivity contribution is 14.1. The Bertz CT molecular complexity index is 452. The molecule has 0 spiro atoms. The first-order chi connectivity index (χ1) is 8.37. The van der Waals surface area contributed by atoms with Crippen LogP contribution in [-0.4, -0.2) is 0 Å². The molecule has 2 aliphatic carbocycles. The van der Waals surface area contributed by atoms with Crippen molar-refractivity contribution in [2.75, 3.05) is 0 Å². The maximum Gasteiger partial charge on any atom is 0.00903 e. The lowest BCUT2D eigenvalue weighted by Crippen LogP contribution is -2.26. The van der Waals surface area contributed by atoms with E-state index in [1.165, 1.54) is 12.7 Å². The zero-order chi connectivity index (χ0) is 13.5. The molecule has 0 heterocycles. The van der Waals surface area contributed by atoms with Crippen LogP contribution in [0.3, 0.4) is 0 Å². The molecule has 0 radical (unpaired) electrons. The molecular weight excluding hydrogens is 446 g/mol. The van der Waals surface area contributed by atoms with Gasteiger partial charge < -0.3 is 0 Å². The topological polar surface area (TPSA) is 0 Å². The Balaban J connectivity index is 2.34. The molecular formula is C16H20I2. The Hall–Kier alpha value is 0.420. The van der Waals surface area contributed by atoms with Gasteiger partial charge in [-0.25, -0.2) is 0 Å². The van der Waals surface area contributed by atoms with Crippen molar-refractivity contribution in [2.45, 2.75) is 27.2 Å². The summed E-state index contributed by atoms with van der Waals surface area (Å²) >= 11 is 4.89. The van der Waals surface area contributed by atoms with Crippen molar-refractivity contribution in [1.82, 2.24) is 0 Å². The molecule has 18 heavy (non-hydrogen) atoms. The van der Waals surface area contributed by atoms with E-state index in [-0.39, 0.29) is 0 Å². The SMILES string of the molecule is C=C1C2C=CC(I)=CC2C(C)(C)C1C/C(I)=C\C. The van der Waals surface area contributed by atoms with Gasteiger partial charge in [-0.3, -0.25) is 0 Å². The summed E-state index contributed by atoms with van der Waals surface area (Å²) in [6, 6.07) is 0. The average molecular weight is 466 g/mol. The molecule has 0 aromatic carbocycles. The van der Waals surface area contributed by atoms with Crippen molar-refractivity contribution >= 4 is 45.2 Å². The monoisotopic (exact) mass is 466 g/mol. The summed E-state index contributed by atoms with van der Waals surface area (Å²) in [5.74, 6) is 1.76. The van der Waals surface area contributed by atoms with Crippen LogP contribution in [0.4, 0.5) is 0 Å². The van der Waals surface area contributed by atoms with Gasteiger partial charge in [0.2, 0.25) is 0 Å². The lowest BCUT2D eigenvalue weighted by molar-refractivity contribution is 0.218. The third-order valence-corrected chi connectivity index (χ3v) is 6.32. The highest BCUT2D eigenvalue weighted by Crippen LogP contribution is 2.58. The fraction of sp³-hybridized carbons (Fsp3) is 0.500. The summed E-state index contributed by atoms with van der Waals surface area (Å²) in [6.07, 6.45) is 10.4. The molecule has 0 saturated heterocycles. The normalized spacial score (nSPS) is 34.5. The largest absolute Gasteiger partial charge is 0.0989 e. The maximum atomic E-state index is 4.41. The Labute approximate surface area is 138 Å². The Kier molecular flexibility index (Phi) is 4.47. The van der Waals surface area contributed by atoms with Crippen LogP contribution in [0.5, 0.6) is 0 Å². The molecule has 0 aromatic rings. The van der Waals surface area contributed by atoms with Crippen LogP contribution >= 0.6 is 45.2 Å². The van der Waals surface area contributed by atoms with E-state index >= 15 is 0 Å². The number of hydrogen-bond acceptors (Lipinski definition) is 0. The molecule has 0 nitrogen and oxygen atoms in total. The second-order valence-electron chi connectivity index (χ2n) is 5.85. The smallest absolute Gasteiger partial charge is 0.00903 e. The number of hydrogen-bond donors (Lipinski definition) is 0. The van der Waals surface area contributed by atoms with Crippen LogP contribution in [-0.2, 0) is 0 Å². The maximum absolute atomic E-state index is 4.41. The van der Waals surface area contributed by atoms with Crippen molar-refractivity contribution in [1.29, 1.82) is 0 Å². The van der Waals surface area contributed by atoms with Gasteiger partial charge in [-0.05, 0) is 79.4 Å². The Morgan fingerprint density at radius 1 is 1.50 bits per heavy atom. The molecule has 0 aliphatic heterocycles. The van der Waals surface area contributed by atoms with Gasteiger partial charge >= 0.3 is 0 Å². The van der Waals surface area contributed by atoms with Gasteiger partial charge in [0, 0.05) is 9.50 Å². The number of halogens is 2. The van der Waals surface area contributed by atoms with Gasteiger partial charge in [-0.2, -0.15) is 0 Å². The van der Waals surface area contributed by atoms with Gasteiger partial charge in [0.1, 0.15) is 0 Å². The fourth-order valence-corrected chi connectivity index (χ4v) is 4.36. The quantitative estimate of drug-likeness (QED) is 0.344. The van der Waals surface area contributed by atoms with Gasteiger partial charge in [0.05, 0.1) is 0 Å². The van der Waals surface area contributed by atoms with Crippen LogP contribution in [0.25, 0.3) is 0 Å². The zero-order valence-electron chi connectivity index (χ0n) is 11.2. The van der Waals surface area contributed by atoms with Gasteiger partial charge in [-0.1, -0.05) is 50.3 Å².